The number of aliphatic hydroxyl groups excluding tert-OH is 1. The minimum absolute atomic E-state index is 0.183. The van der Waals surface area contributed by atoms with Crippen LogP contribution in [0.25, 0.3) is 16.8 Å². The predicted molar refractivity (Wildman–Crippen MR) is 103 cm³/mol. The molecule has 0 bridgehead atoms. The van der Waals surface area contributed by atoms with Crippen molar-refractivity contribution in [3.05, 3.63) is 69.6 Å². The first-order chi connectivity index (χ1) is 12.5. The van der Waals surface area contributed by atoms with Gasteiger partial charge in [0, 0.05) is 10.9 Å². The van der Waals surface area contributed by atoms with E-state index < -0.39 is 0 Å². The molecular weight excluding hydrogens is 346 g/mol. The highest BCUT2D eigenvalue weighted by atomic mass is 32.1. The van der Waals surface area contributed by atoms with Crippen molar-refractivity contribution in [2.75, 3.05) is 6.54 Å². The number of nitrogens with zero attached hydrogens (tertiary/aromatic N) is 2. The van der Waals surface area contributed by atoms with Crippen molar-refractivity contribution >= 4 is 22.7 Å². The molecule has 0 fully saturated rings. The SMILES string of the molecule is Cc1ccc(-c2csc(C3=C(O)CN(Cc4ccco4)C3=N)n2)cc1C. The van der Waals surface area contributed by atoms with Gasteiger partial charge in [0.1, 0.15) is 22.4 Å². The Bertz CT molecular complexity index is 1000. The molecule has 0 aliphatic carbocycles. The molecule has 1 aliphatic heterocycles. The fourth-order valence-electron chi connectivity index (χ4n) is 3.01. The zero-order valence-corrected chi connectivity index (χ0v) is 15.4. The molecular formula is C20H19N3O2S. The molecule has 0 amide bonds. The Kier molecular flexibility index (Phi) is 4.12. The third kappa shape index (κ3) is 2.93. The lowest BCUT2D eigenvalue weighted by molar-refractivity contribution is 0.328. The number of benzene rings is 1. The first-order valence-corrected chi connectivity index (χ1v) is 9.23. The van der Waals surface area contributed by atoms with Crippen LogP contribution in [0, 0.1) is 19.3 Å². The molecule has 0 saturated carbocycles. The maximum Gasteiger partial charge on any atom is 0.135 e. The van der Waals surface area contributed by atoms with Crippen molar-refractivity contribution < 1.29 is 9.52 Å². The van der Waals surface area contributed by atoms with Crippen LogP contribution < -0.4 is 0 Å². The highest BCUT2D eigenvalue weighted by Gasteiger charge is 2.30. The average molecular weight is 365 g/mol. The lowest BCUT2D eigenvalue weighted by atomic mass is 10.1. The normalized spacial score (nSPS) is 14.5. The Morgan fingerprint density at radius 2 is 2.12 bits per heavy atom. The monoisotopic (exact) mass is 365 g/mol. The number of amidine groups is 1. The Balaban J connectivity index is 1.59. The van der Waals surface area contributed by atoms with Crippen LogP contribution in [-0.4, -0.2) is 27.4 Å². The van der Waals surface area contributed by atoms with Crippen LogP contribution in [0.3, 0.4) is 0 Å². The van der Waals surface area contributed by atoms with Crippen LogP contribution >= 0.6 is 11.3 Å². The summed E-state index contributed by atoms with van der Waals surface area (Å²) in [5.41, 5.74) is 4.89. The second-order valence-electron chi connectivity index (χ2n) is 6.44. The van der Waals surface area contributed by atoms with Crippen LogP contribution in [0.5, 0.6) is 0 Å². The number of hydrogen-bond acceptors (Lipinski definition) is 5. The fraction of sp³-hybridized carbons (Fsp3) is 0.200. The van der Waals surface area contributed by atoms with E-state index in [1.165, 1.54) is 22.5 Å². The van der Waals surface area contributed by atoms with E-state index in [4.69, 9.17) is 9.83 Å². The maximum atomic E-state index is 10.4. The number of aromatic nitrogens is 1. The predicted octanol–water partition coefficient (Wildman–Crippen LogP) is 4.78. The van der Waals surface area contributed by atoms with Crippen molar-refractivity contribution in [3.8, 4) is 11.3 Å². The number of aryl methyl sites for hydroxylation is 2. The van der Waals surface area contributed by atoms with Crippen LogP contribution in [0.1, 0.15) is 21.9 Å². The van der Waals surface area contributed by atoms with Gasteiger partial charge in [0.05, 0.1) is 30.6 Å². The summed E-state index contributed by atoms with van der Waals surface area (Å²) in [7, 11) is 0. The van der Waals surface area contributed by atoms with Gasteiger partial charge in [-0.25, -0.2) is 4.98 Å². The van der Waals surface area contributed by atoms with Gasteiger partial charge in [0.25, 0.3) is 0 Å². The largest absolute Gasteiger partial charge is 0.510 e. The number of aliphatic hydroxyl groups is 1. The first-order valence-electron chi connectivity index (χ1n) is 8.35. The highest BCUT2D eigenvalue weighted by Crippen LogP contribution is 2.33. The van der Waals surface area contributed by atoms with Crippen LogP contribution in [-0.2, 0) is 6.54 Å². The summed E-state index contributed by atoms with van der Waals surface area (Å²) in [6.45, 7) is 4.92. The van der Waals surface area contributed by atoms with Gasteiger partial charge in [0.2, 0.25) is 0 Å². The molecule has 3 aromatic rings. The second kappa shape index (κ2) is 6.46. The van der Waals surface area contributed by atoms with Gasteiger partial charge < -0.3 is 14.4 Å². The van der Waals surface area contributed by atoms with E-state index in [0.717, 1.165) is 17.0 Å². The van der Waals surface area contributed by atoms with Crippen LogP contribution in [0.15, 0.2) is 52.2 Å². The molecule has 0 saturated heterocycles. The summed E-state index contributed by atoms with van der Waals surface area (Å²) in [6.07, 6.45) is 1.61. The highest BCUT2D eigenvalue weighted by molar-refractivity contribution is 7.11. The lowest BCUT2D eigenvalue weighted by Crippen LogP contribution is -2.25. The van der Waals surface area contributed by atoms with E-state index in [2.05, 4.69) is 37.0 Å². The van der Waals surface area contributed by atoms with Crippen molar-refractivity contribution in [2.24, 2.45) is 0 Å². The third-order valence-electron chi connectivity index (χ3n) is 4.63. The van der Waals surface area contributed by atoms with Crippen LogP contribution in [0.2, 0.25) is 0 Å². The Labute approximate surface area is 155 Å². The summed E-state index contributed by atoms with van der Waals surface area (Å²) >= 11 is 1.45. The van der Waals surface area contributed by atoms with E-state index in [1.807, 2.05) is 17.5 Å². The number of hydrogen-bond donors (Lipinski definition) is 2. The van der Waals surface area contributed by atoms with Gasteiger partial charge in [-0.3, -0.25) is 5.41 Å². The first kappa shape index (κ1) is 16.6. The van der Waals surface area contributed by atoms with Gasteiger partial charge in [-0.15, -0.1) is 11.3 Å². The molecule has 3 heterocycles. The molecule has 2 aromatic heterocycles. The van der Waals surface area contributed by atoms with Gasteiger partial charge in [-0.1, -0.05) is 12.1 Å². The molecule has 4 rings (SSSR count). The van der Waals surface area contributed by atoms with Crippen molar-refractivity contribution in [2.45, 2.75) is 20.4 Å². The molecule has 6 heteroatoms. The Morgan fingerprint density at radius 1 is 1.27 bits per heavy atom. The van der Waals surface area contributed by atoms with Gasteiger partial charge in [-0.2, -0.15) is 0 Å². The standard InChI is InChI=1S/C20H19N3O2S/c1-12-5-6-14(8-13(12)2)16-11-26-20(22-16)18-17(24)10-23(19(18)21)9-15-4-3-7-25-15/h3-8,11,21,24H,9-10H2,1-2H3. The quantitative estimate of drug-likeness (QED) is 0.698. The summed E-state index contributed by atoms with van der Waals surface area (Å²) < 4.78 is 5.35. The van der Waals surface area contributed by atoms with Gasteiger partial charge in [0.15, 0.2) is 0 Å². The van der Waals surface area contributed by atoms with Gasteiger partial charge >= 0.3 is 0 Å². The number of rotatable bonds is 4. The third-order valence-corrected chi connectivity index (χ3v) is 5.49. The van der Waals surface area contributed by atoms with E-state index >= 15 is 0 Å². The fourth-order valence-corrected chi connectivity index (χ4v) is 3.90. The van der Waals surface area contributed by atoms with E-state index in [0.29, 0.717) is 23.7 Å². The molecule has 0 unspecified atom stereocenters. The number of nitrogens with one attached hydrogen (secondary N) is 1. The topological polar surface area (TPSA) is 73.3 Å². The summed E-state index contributed by atoms with van der Waals surface area (Å²) in [5.74, 6) is 1.22. The summed E-state index contributed by atoms with van der Waals surface area (Å²) in [5, 5.41) is 21.5. The molecule has 5 nitrogen and oxygen atoms in total. The van der Waals surface area contributed by atoms with E-state index in [9.17, 15) is 5.11 Å². The van der Waals surface area contributed by atoms with Crippen molar-refractivity contribution in [1.29, 1.82) is 5.41 Å². The molecule has 26 heavy (non-hydrogen) atoms. The zero-order valence-electron chi connectivity index (χ0n) is 14.6. The summed E-state index contributed by atoms with van der Waals surface area (Å²) in [6, 6.07) is 9.94. The zero-order chi connectivity index (χ0) is 18.3. The smallest absolute Gasteiger partial charge is 0.135 e. The van der Waals surface area contributed by atoms with E-state index in [1.54, 1.807) is 11.2 Å². The number of thiazole rings is 1. The number of furan rings is 1. The van der Waals surface area contributed by atoms with E-state index in [-0.39, 0.29) is 11.6 Å². The Hall–Kier alpha value is -2.86. The molecule has 1 aliphatic rings. The summed E-state index contributed by atoms with van der Waals surface area (Å²) in [4.78, 5) is 6.45. The van der Waals surface area contributed by atoms with Gasteiger partial charge in [-0.05, 0) is 43.2 Å². The lowest BCUT2D eigenvalue weighted by Gasteiger charge is -2.16. The van der Waals surface area contributed by atoms with Crippen molar-refractivity contribution in [3.63, 3.8) is 0 Å². The van der Waals surface area contributed by atoms with Crippen LogP contribution in [0.4, 0.5) is 0 Å². The maximum absolute atomic E-state index is 10.4. The molecule has 0 radical (unpaired) electrons. The second-order valence-corrected chi connectivity index (χ2v) is 7.30. The molecule has 132 valence electrons. The molecule has 1 aromatic carbocycles. The molecule has 0 atom stereocenters. The average Bonchev–Trinajstić information content (AvgIpc) is 3.33. The molecule has 0 spiro atoms. The minimum Gasteiger partial charge on any atom is -0.510 e. The Morgan fingerprint density at radius 3 is 2.85 bits per heavy atom. The minimum atomic E-state index is 0.183. The molecule has 2 N–H and O–H groups in total. The van der Waals surface area contributed by atoms with Crippen molar-refractivity contribution in [1.82, 2.24) is 9.88 Å².